The van der Waals surface area contributed by atoms with Crippen molar-refractivity contribution in [3.63, 3.8) is 0 Å². The highest BCUT2D eigenvalue weighted by molar-refractivity contribution is 5.36. The zero-order valence-electron chi connectivity index (χ0n) is 12.1. The number of ether oxygens (including phenoxy) is 1. The fourth-order valence-corrected chi connectivity index (χ4v) is 1.94. The molecule has 2 atom stereocenters. The van der Waals surface area contributed by atoms with Crippen molar-refractivity contribution in [3.05, 3.63) is 29.8 Å². The molecule has 1 aromatic rings. The first kappa shape index (κ1) is 16.9. The minimum atomic E-state index is -2.84. The van der Waals surface area contributed by atoms with Crippen LogP contribution >= 0.6 is 0 Å². The fraction of sp³-hybridized carbons (Fsp3) is 0.600. The Morgan fingerprint density at radius 3 is 2.45 bits per heavy atom. The SMILES string of the molecule is CCC(NCC(O)C(C)C)c1ccccc1OC(F)F. The molecule has 0 bridgehead atoms. The van der Waals surface area contributed by atoms with Crippen molar-refractivity contribution in [1.82, 2.24) is 5.32 Å². The van der Waals surface area contributed by atoms with Gasteiger partial charge in [-0.3, -0.25) is 0 Å². The molecule has 1 rings (SSSR count). The molecule has 0 aliphatic heterocycles. The van der Waals surface area contributed by atoms with Crippen LogP contribution in [0.15, 0.2) is 24.3 Å². The van der Waals surface area contributed by atoms with Gasteiger partial charge in [-0.1, -0.05) is 39.0 Å². The summed E-state index contributed by atoms with van der Waals surface area (Å²) in [5.74, 6) is 0.327. The van der Waals surface area contributed by atoms with E-state index in [4.69, 9.17) is 0 Å². The summed E-state index contributed by atoms with van der Waals surface area (Å²) in [6.07, 6.45) is 0.251. The smallest absolute Gasteiger partial charge is 0.387 e. The Labute approximate surface area is 119 Å². The summed E-state index contributed by atoms with van der Waals surface area (Å²) in [6.45, 7) is 3.40. The van der Waals surface area contributed by atoms with Crippen molar-refractivity contribution in [2.45, 2.75) is 45.9 Å². The largest absolute Gasteiger partial charge is 0.434 e. The maximum Gasteiger partial charge on any atom is 0.387 e. The second-order valence-electron chi connectivity index (χ2n) is 5.10. The quantitative estimate of drug-likeness (QED) is 0.770. The molecule has 20 heavy (non-hydrogen) atoms. The summed E-state index contributed by atoms with van der Waals surface area (Å²) in [4.78, 5) is 0. The third-order valence-corrected chi connectivity index (χ3v) is 3.26. The Kier molecular flexibility index (Phi) is 6.88. The fourth-order valence-electron chi connectivity index (χ4n) is 1.94. The van der Waals surface area contributed by atoms with Gasteiger partial charge in [-0.15, -0.1) is 0 Å². The van der Waals surface area contributed by atoms with E-state index in [1.54, 1.807) is 18.2 Å². The van der Waals surface area contributed by atoms with Crippen LogP contribution in [-0.4, -0.2) is 24.4 Å². The van der Waals surface area contributed by atoms with Crippen LogP contribution in [0.4, 0.5) is 8.78 Å². The molecule has 0 amide bonds. The summed E-state index contributed by atoms with van der Waals surface area (Å²) in [5.41, 5.74) is 0.686. The summed E-state index contributed by atoms with van der Waals surface area (Å²) in [6, 6.07) is 6.62. The van der Waals surface area contributed by atoms with Crippen molar-refractivity contribution in [2.24, 2.45) is 5.92 Å². The van der Waals surface area contributed by atoms with Crippen LogP contribution in [-0.2, 0) is 0 Å². The molecule has 0 saturated carbocycles. The minimum Gasteiger partial charge on any atom is -0.434 e. The van der Waals surface area contributed by atoms with Crippen LogP contribution < -0.4 is 10.1 Å². The Balaban J connectivity index is 2.78. The second-order valence-corrected chi connectivity index (χ2v) is 5.10. The van der Waals surface area contributed by atoms with Gasteiger partial charge >= 0.3 is 6.61 Å². The number of benzene rings is 1. The molecular weight excluding hydrogens is 264 g/mol. The Morgan fingerprint density at radius 2 is 1.90 bits per heavy atom. The lowest BCUT2D eigenvalue weighted by molar-refractivity contribution is -0.0507. The van der Waals surface area contributed by atoms with Crippen molar-refractivity contribution in [2.75, 3.05) is 6.54 Å². The van der Waals surface area contributed by atoms with Crippen LogP contribution in [0.25, 0.3) is 0 Å². The number of para-hydroxylation sites is 1. The molecule has 3 nitrogen and oxygen atoms in total. The highest BCUT2D eigenvalue weighted by Crippen LogP contribution is 2.28. The Hall–Kier alpha value is -1.20. The van der Waals surface area contributed by atoms with E-state index in [1.165, 1.54) is 6.07 Å². The predicted molar refractivity (Wildman–Crippen MR) is 75.0 cm³/mol. The molecule has 0 radical (unpaired) electrons. The summed E-state index contributed by atoms with van der Waals surface area (Å²) in [7, 11) is 0. The van der Waals surface area contributed by atoms with Crippen LogP contribution in [0, 0.1) is 5.92 Å². The van der Waals surface area contributed by atoms with Gasteiger partial charge in [0.15, 0.2) is 0 Å². The molecule has 2 N–H and O–H groups in total. The minimum absolute atomic E-state index is 0.127. The topological polar surface area (TPSA) is 41.5 Å². The molecule has 0 aliphatic rings. The first-order valence-corrected chi connectivity index (χ1v) is 6.90. The number of nitrogens with one attached hydrogen (secondary N) is 1. The standard InChI is InChI=1S/C15H23F2NO2/c1-4-12(18-9-13(19)10(2)3)11-7-5-6-8-14(11)20-15(16)17/h5-8,10,12-13,15,18-19H,4,9H2,1-3H3. The number of halogens is 2. The summed E-state index contributed by atoms with van der Waals surface area (Å²) in [5, 5.41) is 13.0. The number of aliphatic hydroxyl groups excluding tert-OH is 1. The molecular formula is C15H23F2NO2. The van der Waals surface area contributed by atoms with E-state index in [2.05, 4.69) is 10.1 Å². The van der Waals surface area contributed by atoms with Gasteiger partial charge in [0, 0.05) is 18.2 Å². The maximum absolute atomic E-state index is 12.4. The lowest BCUT2D eigenvalue weighted by Gasteiger charge is -2.23. The van der Waals surface area contributed by atoms with E-state index >= 15 is 0 Å². The third kappa shape index (κ3) is 5.06. The summed E-state index contributed by atoms with van der Waals surface area (Å²) < 4.78 is 29.4. The number of hydrogen-bond donors (Lipinski definition) is 2. The average Bonchev–Trinajstić information content (AvgIpc) is 2.40. The van der Waals surface area contributed by atoms with Crippen LogP contribution in [0.2, 0.25) is 0 Å². The van der Waals surface area contributed by atoms with E-state index in [0.29, 0.717) is 18.5 Å². The zero-order chi connectivity index (χ0) is 15.1. The van der Waals surface area contributed by atoms with Gasteiger partial charge in [0.05, 0.1) is 6.10 Å². The van der Waals surface area contributed by atoms with Gasteiger partial charge in [-0.05, 0) is 18.4 Å². The number of aliphatic hydroxyl groups is 1. The molecule has 0 aliphatic carbocycles. The van der Waals surface area contributed by atoms with Gasteiger partial charge in [0.2, 0.25) is 0 Å². The first-order valence-electron chi connectivity index (χ1n) is 6.90. The molecule has 1 aromatic carbocycles. The van der Waals surface area contributed by atoms with Crippen molar-refractivity contribution >= 4 is 0 Å². The molecule has 0 spiro atoms. The van der Waals surface area contributed by atoms with E-state index in [1.807, 2.05) is 20.8 Å². The lowest BCUT2D eigenvalue weighted by Crippen LogP contribution is -2.33. The molecule has 2 unspecified atom stereocenters. The van der Waals surface area contributed by atoms with Crippen molar-refractivity contribution in [3.8, 4) is 5.75 Å². The third-order valence-electron chi connectivity index (χ3n) is 3.26. The first-order chi connectivity index (χ1) is 9.45. The molecule has 0 saturated heterocycles. The van der Waals surface area contributed by atoms with Gasteiger partial charge in [-0.25, -0.2) is 0 Å². The van der Waals surface area contributed by atoms with Gasteiger partial charge in [0.25, 0.3) is 0 Å². The average molecular weight is 287 g/mol. The molecule has 5 heteroatoms. The molecule has 0 heterocycles. The maximum atomic E-state index is 12.4. The van der Waals surface area contributed by atoms with E-state index in [9.17, 15) is 13.9 Å². The second kappa shape index (κ2) is 8.17. The van der Waals surface area contributed by atoms with Gasteiger partial charge in [-0.2, -0.15) is 8.78 Å². The lowest BCUT2D eigenvalue weighted by atomic mass is 10.0. The van der Waals surface area contributed by atoms with E-state index < -0.39 is 12.7 Å². The van der Waals surface area contributed by atoms with Gasteiger partial charge in [0.1, 0.15) is 5.75 Å². The Bertz CT molecular complexity index is 399. The number of alkyl halides is 2. The highest BCUT2D eigenvalue weighted by atomic mass is 19.3. The molecule has 0 aromatic heterocycles. The van der Waals surface area contributed by atoms with E-state index in [-0.39, 0.29) is 17.7 Å². The van der Waals surface area contributed by atoms with Crippen LogP contribution in [0.3, 0.4) is 0 Å². The van der Waals surface area contributed by atoms with Crippen molar-refractivity contribution < 1.29 is 18.6 Å². The number of hydrogen-bond acceptors (Lipinski definition) is 3. The van der Waals surface area contributed by atoms with E-state index in [0.717, 1.165) is 0 Å². The summed E-state index contributed by atoms with van der Waals surface area (Å²) >= 11 is 0. The van der Waals surface area contributed by atoms with Gasteiger partial charge < -0.3 is 15.2 Å². The van der Waals surface area contributed by atoms with Crippen molar-refractivity contribution in [1.29, 1.82) is 0 Å². The predicted octanol–water partition coefficient (Wildman–Crippen LogP) is 3.35. The van der Waals surface area contributed by atoms with Crippen LogP contribution in [0.5, 0.6) is 5.75 Å². The normalized spacial score (nSPS) is 14.6. The monoisotopic (exact) mass is 287 g/mol. The molecule has 114 valence electrons. The van der Waals surface area contributed by atoms with Crippen LogP contribution in [0.1, 0.15) is 38.8 Å². The highest BCUT2D eigenvalue weighted by Gasteiger charge is 2.18. The zero-order valence-corrected chi connectivity index (χ0v) is 12.1. The Morgan fingerprint density at radius 1 is 1.25 bits per heavy atom. The number of rotatable bonds is 8. The molecule has 0 fully saturated rings.